The summed E-state index contributed by atoms with van der Waals surface area (Å²) in [5.41, 5.74) is 10.8. The van der Waals surface area contributed by atoms with Crippen LogP contribution in [0.1, 0.15) is 0 Å². The Morgan fingerprint density at radius 2 is 0.843 bits per heavy atom. The van der Waals surface area contributed by atoms with Gasteiger partial charge in [-0.15, -0.1) is 22.7 Å². The summed E-state index contributed by atoms with van der Waals surface area (Å²) in [6.45, 7) is 0. The van der Waals surface area contributed by atoms with Crippen LogP contribution in [0.4, 0.5) is 17.1 Å². The first kappa shape index (κ1) is 29.9. The smallest absolute Gasteiger partial charge is 0.0640 e. The summed E-state index contributed by atoms with van der Waals surface area (Å²) in [5.74, 6) is 0. The summed E-state index contributed by atoms with van der Waals surface area (Å²) in [5, 5.41) is 5.33. The zero-order chi connectivity index (χ0) is 33.7. The van der Waals surface area contributed by atoms with Crippen molar-refractivity contribution in [3.05, 3.63) is 188 Å². The zero-order valence-electron chi connectivity index (χ0n) is 27.7. The monoisotopic (exact) mass is 685 g/mol. The maximum Gasteiger partial charge on any atom is 0.0640 e. The third kappa shape index (κ3) is 5.13. The van der Waals surface area contributed by atoms with E-state index in [-0.39, 0.29) is 0 Å². The molecule has 2 heterocycles. The molecule has 10 aromatic rings. The highest BCUT2D eigenvalue weighted by Crippen LogP contribution is 2.49. The van der Waals surface area contributed by atoms with Crippen molar-refractivity contribution in [3.8, 4) is 33.4 Å². The van der Waals surface area contributed by atoms with Crippen molar-refractivity contribution >= 4 is 80.1 Å². The number of fused-ring (bicyclic) bond motifs is 7. The number of rotatable bonds is 6. The van der Waals surface area contributed by atoms with Crippen LogP contribution in [0, 0.1) is 0 Å². The summed E-state index contributed by atoms with van der Waals surface area (Å²) in [7, 11) is 0. The fraction of sp³-hybridized carbons (Fsp3) is 0. The molecule has 0 saturated heterocycles. The van der Waals surface area contributed by atoms with Crippen LogP contribution in [0.3, 0.4) is 0 Å². The van der Waals surface area contributed by atoms with E-state index in [9.17, 15) is 0 Å². The zero-order valence-corrected chi connectivity index (χ0v) is 29.3. The molecule has 240 valence electrons. The number of anilines is 3. The quantitative estimate of drug-likeness (QED) is 0.168. The molecular weight excluding hydrogens is 655 g/mol. The topological polar surface area (TPSA) is 3.24 Å². The molecule has 0 aliphatic carbocycles. The molecule has 0 saturated carbocycles. The average Bonchev–Trinajstić information content (AvgIpc) is 3.78. The molecule has 0 radical (unpaired) electrons. The van der Waals surface area contributed by atoms with E-state index in [0.717, 1.165) is 11.4 Å². The molecule has 0 amide bonds. The van der Waals surface area contributed by atoms with Gasteiger partial charge < -0.3 is 4.90 Å². The Balaban J connectivity index is 1.15. The Kier molecular flexibility index (Phi) is 7.26. The Labute approximate surface area is 304 Å². The van der Waals surface area contributed by atoms with Gasteiger partial charge in [0.05, 0.1) is 10.4 Å². The van der Waals surface area contributed by atoms with Crippen LogP contribution in [-0.4, -0.2) is 0 Å². The first-order chi connectivity index (χ1) is 25.3. The number of thiophene rings is 2. The molecule has 8 aromatic carbocycles. The lowest BCUT2D eigenvalue weighted by Gasteiger charge is -2.26. The molecule has 2 aromatic heterocycles. The molecule has 0 fully saturated rings. The van der Waals surface area contributed by atoms with Gasteiger partial charge in [-0.1, -0.05) is 146 Å². The molecule has 0 bridgehead atoms. The van der Waals surface area contributed by atoms with Gasteiger partial charge in [0, 0.05) is 47.0 Å². The minimum atomic E-state index is 1.12. The second-order valence-electron chi connectivity index (χ2n) is 12.9. The van der Waals surface area contributed by atoms with E-state index in [2.05, 4.69) is 193 Å². The number of hydrogen-bond donors (Lipinski definition) is 0. The van der Waals surface area contributed by atoms with E-state index >= 15 is 0 Å². The Morgan fingerprint density at radius 1 is 0.314 bits per heavy atom. The van der Waals surface area contributed by atoms with Crippen molar-refractivity contribution in [2.45, 2.75) is 0 Å². The van der Waals surface area contributed by atoms with E-state index in [1.54, 1.807) is 0 Å². The fourth-order valence-corrected chi connectivity index (χ4v) is 10.0. The van der Waals surface area contributed by atoms with Crippen LogP contribution in [0.2, 0.25) is 0 Å². The summed E-state index contributed by atoms with van der Waals surface area (Å²) in [6, 6.07) is 68.3. The van der Waals surface area contributed by atoms with Gasteiger partial charge in [-0.3, -0.25) is 0 Å². The van der Waals surface area contributed by atoms with Gasteiger partial charge in [0.15, 0.2) is 0 Å². The number of nitrogens with zero attached hydrogens (tertiary/aromatic N) is 1. The maximum absolute atomic E-state index is 2.43. The van der Waals surface area contributed by atoms with E-state index in [0.29, 0.717) is 0 Å². The predicted molar refractivity (Wildman–Crippen MR) is 223 cm³/mol. The molecule has 0 aliphatic rings. The van der Waals surface area contributed by atoms with E-state index in [1.165, 1.54) is 79.4 Å². The second kappa shape index (κ2) is 12.4. The molecule has 0 unspecified atom stereocenters. The minimum Gasteiger partial charge on any atom is -0.309 e. The highest BCUT2D eigenvalue weighted by Gasteiger charge is 2.20. The highest BCUT2D eigenvalue weighted by atomic mass is 32.1. The molecular formula is C48H31NS2. The molecule has 1 nitrogen and oxygen atoms in total. The molecule has 10 rings (SSSR count). The SMILES string of the molecule is c1ccc(-c2ccc(N(c3ccc(-c4ccccc4-c4ccccc4)cc3)c3cccc4c3sc3c4ccc4sc5ccccc5c43)cc2)cc1. The van der Waals surface area contributed by atoms with Crippen molar-refractivity contribution in [3.63, 3.8) is 0 Å². The van der Waals surface area contributed by atoms with E-state index in [4.69, 9.17) is 0 Å². The Morgan fingerprint density at radius 3 is 1.55 bits per heavy atom. The standard InChI is InChI=1S/C48H31NS2/c1-3-12-32(13-4-1)33-22-26-36(27-23-33)49(37-28-24-35(25-29-37)39-17-8-7-16-38(39)34-14-5-2-6-15-34)43-20-11-19-40-41-30-31-45-46(48(41)51-47(40)43)42-18-9-10-21-44(42)50-45/h1-31H. The largest absolute Gasteiger partial charge is 0.309 e. The van der Waals surface area contributed by atoms with Gasteiger partial charge in [-0.2, -0.15) is 0 Å². The summed E-state index contributed by atoms with van der Waals surface area (Å²) < 4.78 is 5.34. The van der Waals surface area contributed by atoms with Crippen molar-refractivity contribution in [2.75, 3.05) is 4.90 Å². The van der Waals surface area contributed by atoms with E-state index < -0.39 is 0 Å². The molecule has 3 heteroatoms. The molecule has 0 spiro atoms. The van der Waals surface area contributed by atoms with Crippen molar-refractivity contribution in [1.82, 2.24) is 0 Å². The normalized spacial score (nSPS) is 11.5. The van der Waals surface area contributed by atoms with Crippen LogP contribution < -0.4 is 4.90 Å². The lowest BCUT2D eigenvalue weighted by molar-refractivity contribution is 1.30. The van der Waals surface area contributed by atoms with Gasteiger partial charge in [-0.25, -0.2) is 0 Å². The van der Waals surface area contributed by atoms with Crippen LogP contribution in [-0.2, 0) is 0 Å². The highest BCUT2D eigenvalue weighted by molar-refractivity contribution is 7.30. The third-order valence-electron chi connectivity index (χ3n) is 9.91. The number of hydrogen-bond acceptors (Lipinski definition) is 3. The van der Waals surface area contributed by atoms with Crippen molar-refractivity contribution in [2.24, 2.45) is 0 Å². The Hall–Kier alpha value is -6.00. The van der Waals surface area contributed by atoms with Gasteiger partial charge in [0.1, 0.15) is 0 Å². The lowest BCUT2D eigenvalue weighted by Crippen LogP contribution is -2.10. The molecule has 0 N–H and O–H groups in total. The minimum absolute atomic E-state index is 1.12. The third-order valence-corrected chi connectivity index (χ3v) is 12.3. The predicted octanol–water partition coefficient (Wildman–Crippen LogP) is 14.9. The molecule has 0 aliphatic heterocycles. The average molecular weight is 686 g/mol. The van der Waals surface area contributed by atoms with Gasteiger partial charge in [0.25, 0.3) is 0 Å². The van der Waals surface area contributed by atoms with Crippen LogP contribution in [0.25, 0.3) is 73.7 Å². The van der Waals surface area contributed by atoms with Gasteiger partial charge in [-0.05, 0) is 75.8 Å². The van der Waals surface area contributed by atoms with Gasteiger partial charge in [0.2, 0.25) is 0 Å². The van der Waals surface area contributed by atoms with Crippen LogP contribution >= 0.6 is 22.7 Å². The number of benzene rings is 8. The van der Waals surface area contributed by atoms with Crippen molar-refractivity contribution < 1.29 is 0 Å². The van der Waals surface area contributed by atoms with E-state index in [1.807, 2.05) is 22.7 Å². The molecule has 51 heavy (non-hydrogen) atoms. The van der Waals surface area contributed by atoms with Crippen molar-refractivity contribution in [1.29, 1.82) is 0 Å². The van der Waals surface area contributed by atoms with Crippen LogP contribution in [0.15, 0.2) is 188 Å². The fourth-order valence-electron chi connectivity index (χ4n) is 7.48. The Bertz CT molecular complexity index is 2830. The first-order valence-electron chi connectivity index (χ1n) is 17.3. The summed E-state index contributed by atoms with van der Waals surface area (Å²) in [6.07, 6.45) is 0. The molecule has 0 atom stereocenters. The summed E-state index contributed by atoms with van der Waals surface area (Å²) in [4.78, 5) is 2.43. The van der Waals surface area contributed by atoms with Gasteiger partial charge >= 0.3 is 0 Å². The summed E-state index contributed by atoms with van der Waals surface area (Å²) >= 11 is 3.80. The maximum atomic E-state index is 2.43. The van der Waals surface area contributed by atoms with Crippen LogP contribution in [0.5, 0.6) is 0 Å². The second-order valence-corrected chi connectivity index (χ2v) is 15.0. The lowest BCUT2D eigenvalue weighted by atomic mass is 9.94. The first-order valence-corrected chi connectivity index (χ1v) is 18.9.